The molecule has 0 spiro atoms. The molecule has 1 aromatic rings. The van der Waals surface area contributed by atoms with Crippen molar-refractivity contribution in [2.24, 2.45) is 0 Å². The maximum Gasteiger partial charge on any atom is 0.569 e. The van der Waals surface area contributed by atoms with Gasteiger partial charge in [0.25, 0.3) is 0 Å². The van der Waals surface area contributed by atoms with Gasteiger partial charge in [0.1, 0.15) is 5.75 Å². The van der Waals surface area contributed by atoms with E-state index in [0.29, 0.717) is 13.4 Å². The smallest absolute Gasteiger partial charge is 0.537 e. The van der Waals surface area contributed by atoms with Crippen LogP contribution < -0.4 is 9.55 Å². The molecule has 0 amide bonds. The summed E-state index contributed by atoms with van der Waals surface area (Å²) in [6.07, 6.45) is 0. The summed E-state index contributed by atoms with van der Waals surface area (Å²) in [6.45, 7) is 6.22. The van der Waals surface area contributed by atoms with Gasteiger partial charge in [-0.25, -0.2) is 0 Å². The molecule has 0 atom stereocenters. The lowest BCUT2D eigenvalue weighted by Gasteiger charge is -2.20. The summed E-state index contributed by atoms with van der Waals surface area (Å²) in [4.78, 5) is 2.24. The highest BCUT2D eigenvalue weighted by molar-refractivity contribution is 6.17. The Morgan fingerprint density at radius 3 is 2.21 bits per heavy atom. The largest absolute Gasteiger partial charge is 0.569 e. The van der Waals surface area contributed by atoms with Crippen LogP contribution in [0.5, 0.6) is 5.75 Å². The summed E-state index contributed by atoms with van der Waals surface area (Å²) in [5.74, 6) is 0.642. The number of hydrogen-bond donors (Lipinski definition) is 1. The lowest BCUT2D eigenvalue weighted by Crippen LogP contribution is -2.21. The number of anilines is 1. The lowest BCUT2D eigenvalue weighted by molar-refractivity contribution is 0.454. The van der Waals surface area contributed by atoms with Crippen LogP contribution in [0.2, 0.25) is 0 Å². The van der Waals surface area contributed by atoms with E-state index in [-0.39, 0.29) is 0 Å². The SMILES string of the molecule is CCN(CC)c1ccc(O[B]O)cc1. The van der Waals surface area contributed by atoms with E-state index in [9.17, 15) is 0 Å². The van der Waals surface area contributed by atoms with Gasteiger partial charge in [-0.15, -0.1) is 0 Å². The summed E-state index contributed by atoms with van der Waals surface area (Å²) in [7, 11) is 0.687. The van der Waals surface area contributed by atoms with Crippen LogP contribution in [0.4, 0.5) is 5.69 Å². The highest BCUT2D eigenvalue weighted by Gasteiger charge is 2.01. The molecule has 1 aromatic carbocycles. The van der Waals surface area contributed by atoms with Crippen LogP contribution in [0.3, 0.4) is 0 Å². The molecule has 14 heavy (non-hydrogen) atoms. The van der Waals surface area contributed by atoms with Crippen LogP contribution in [-0.4, -0.2) is 25.8 Å². The minimum absolute atomic E-state index is 0.642. The normalized spacial score (nSPS) is 9.64. The van der Waals surface area contributed by atoms with Crippen molar-refractivity contribution < 1.29 is 9.68 Å². The molecule has 0 saturated heterocycles. The number of rotatable bonds is 5. The molecule has 0 saturated carbocycles. The quantitative estimate of drug-likeness (QED) is 0.716. The summed E-state index contributed by atoms with van der Waals surface area (Å²) >= 11 is 0. The molecule has 0 bridgehead atoms. The van der Waals surface area contributed by atoms with E-state index in [2.05, 4.69) is 18.7 Å². The Morgan fingerprint density at radius 1 is 1.21 bits per heavy atom. The zero-order chi connectivity index (χ0) is 10.4. The van der Waals surface area contributed by atoms with Crippen LogP contribution >= 0.6 is 0 Å². The van der Waals surface area contributed by atoms with Crippen molar-refractivity contribution in [3.63, 3.8) is 0 Å². The first-order valence-corrected chi connectivity index (χ1v) is 4.79. The van der Waals surface area contributed by atoms with Crippen molar-refractivity contribution in [2.45, 2.75) is 13.8 Å². The second kappa shape index (κ2) is 5.55. The molecule has 4 heteroatoms. The monoisotopic (exact) mass is 192 g/mol. The number of benzene rings is 1. The Balaban J connectivity index is 2.71. The predicted octanol–water partition coefficient (Wildman–Crippen LogP) is 1.44. The minimum atomic E-state index is 0.642. The highest BCUT2D eigenvalue weighted by Crippen LogP contribution is 2.18. The van der Waals surface area contributed by atoms with Gasteiger partial charge in [0, 0.05) is 18.8 Å². The van der Waals surface area contributed by atoms with Gasteiger partial charge in [-0.1, -0.05) is 0 Å². The Bertz CT molecular complexity index is 259. The van der Waals surface area contributed by atoms with Crippen LogP contribution in [-0.2, 0) is 0 Å². The van der Waals surface area contributed by atoms with Gasteiger partial charge in [0.2, 0.25) is 0 Å². The molecule has 0 unspecified atom stereocenters. The van der Waals surface area contributed by atoms with Gasteiger partial charge in [-0.3, -0.25) is 0 Å². The van der Waals surface area contributed by atoms with Crippen molar-refractivity contribution in [1.82, 2.24) is 0 Å². The summed E-state index contributed by atoms with van der Waals surface area (Å²) < 4.78 is 4.82. The van der Waals surface area contributed by atoms with Crippen LogP contribution in [0, 0.1) is 0 Å². The molecule has 1 radical (unpaired) electrons. The Labute approximate surface area is 85.6 Å². The molecule has 0 aliphatic heterocycles. The molecule has 0 fully saturated rings. The second-order valence-corrected chi connectivity index (χ2v) is 2.89. The number of hydrogen-bond acceptors (Lipinski definition) is 3. The molecular formula is C10H15BNO2. The molecule has 0 aromatic heterocycles. The third-order valence-electron chi connectivity index (χ3n) is 2.15. The number of nitrogens with zero attached hydrogens (tertiary/aromatic N) is 1. The standard InChI is InChI=1S/C10H15BNO2/c1-3-12(4-2)9-5-7-10(8-6-9)14-11-13/h5-8,13H,3-4H2,1-2H3. The first-order chi connectivity index (χ1) is 6.81. The zero-order valence-corrected chi connectivity index (χ0v) is 8.60. The average molecular weight is 192 g/mol. The van der Waals surface area contributed by atoms with Crippen molar-refractivity contribution in [3.8, 4) is 5.75 Å². The van der Waals surface area contributed by atoms with Gasteiger partial charge >= 0.3 is 7.69 Å². The van der Waals surface area contributed by atoms with E-state index in [1.54, 1.807) is 0 Å². The molecule has 3 nitrogen and oxygen atoms in total. The third-order valence-corrected chi connectivity index (χ3v) is 2.15. The fourth-order valence-electron chi connectivity index (χ4n) is 1.39. The van der Waals surface area contributed by atoms with E-state index in [4.69, 9.17) is 9.68 Å². The van der Waals surface area contributed by atoms with E-state index >= 15 is 0 Å². The van der Waals surface area contributed by atoms with Crippen molar-refractivity contribution >= 4 is 13.4 Å². The maximum atomic E-state index is 8.43. The molecule has 0 aliphatic rings. The molecular weight excluding hydrogens is 177 g/mol. The van der Waals surface area contributed by atoms with Crippen molar-refractivity contribution in [3.05, 3.63) is 24.3 Å². The van der Waals surface area contributed by atoms with E-state index in [1.807, 2.05) is 24.3 Å². The third kappa shape index (κ3) is 2.67. The first kappa shape index (κ1) is 10.9. The van der Waals surface area contributed by atoms with Gasteiger partial charge in [-0.05, 0) is 38.1 Å². The van der Waals surface area contributed by atoms with Gasteiger partial charge in [0.15, 0.2) is 0 Å². The Hall–Kier alpha value is -1.16. The summed E-state index contributed by atoms with van der Waals surface area (Å²) in [5, 5.41) is 8.43. The second-order valence-electron chi connectivity index (χ2n) is 2.89. The zero-order valence-electron chi connectivity index (χ0n) is 8.60. The van der Waals surface area contributed by atoms with Gasteiger partial charge in [-0.2, -0.15) is 0 Å². The predicted molar refractivity (Wildman–Crippen MR) is 58.6 cm³/mol. The highest BCUT2D eigenvalue weighted by atomic mass is 16.5. The molecule has 75 valence electrons. The van der Waals surface area contributed by atoms with Crippen LogP contribution in [0.25, 0.3) is 0 Å². The van der Waals surface area contributed by atoms with Gasteiger partial charge in [0.05, 0.1) is 0 Å². The molecule has 1 rings (SSSR count). The molecule has 0 heterocycles. The average Bonchev–Trinajstić information content (AvgIpc) is 2.23. The first-order valence-electron chi connectivity index (χ1n) is 4.79. The van der Waals surface area contributed by atoms with Crippen molar-refractivity contribution in [2.75, 3.05) is 18.0 Å². The fourth-order valence-corrected chi connectivity index (χ4v) is 1.39. The minimum Gasteiger partial charge on any atom is -0.537 e. The molecule has 1 N–H and O–H groups in total. The Kier molecular flexibility index (Phi) is 4.33. The van der Waals surface area contributed by atoms with E-state index in [0.717, 1.165) is 13.1 Å². The summed E-state index contributed by atoms with van der Waals surface area (Å²) in [5.41, 5.74) is 1.17. The Morgan fingerprint density at radius 2 is 1.79 bits per heavy atom. The van der Waals surface area contributed by atoms with Crippen LogP contribution in [0.1, 0.15) is 13.8 Å². The van der Waals surface area contributed by atoms with E-state index in [1.165, 1.54) is 5.69 Å². The topological polar surface area (TPSA) is 32.7 Å². The van der Waals surface area contributed by atoms with Crippen LogP contribution in [0.15, 0.2) is 24.3 Å². The maximum absolute atomic E-state index is 8.43. The molecule has 0 aliphatic carbocycles. The fraction of sp³-hybridized carbons (Fsp3) is 0.400. The van der Waals surface area contributed by atoms with Gasteiger partial charge < -0.3 is 14.6 Å². The summed E-state index contributed by atoms with van der Waals surface area (Å²) in [6, 6.07) is 7.62. The van der Waals surface area contributed by atoms with Crippen molar-refractivity contribution in [1.29, 1.82) is 0 Å². The van der Waals surface area contributed by atoms with E-state index < -0.39 is 0 Å². The lowest BCUT2D eigenvalue weighted by atomic mass is 10.2.